The zero-order chi connectivity index (χ0) is 18.8. The van der Waals surface area contributed by atoms with Gasteiger partial charge in [0.2, 0.25) is 0 Å². The van der Waals surface area contributed by atoms with E-state index in [2.05, 4.69) is 25.9 Å². The Balaban J connectivity index is 1.79. The van der Waals surface area contributed by atoms with Crippen molar-refractivity contribution in [3.63, 3.8) is 0 Å². The summed E-state index contributed by atoms with van der Waals surface area (Å²) < 4.78 is 19.5. The molecule has 4 aromatic rings. The number of rotatable bonds is 5. The fraction of sp³-hybridized carbons (Fsp3) is 0.100. The van der Waals surface area contributed by atoms with Crippen LogP contribution in [0.5, 0.6) is 23.3 Å². The Hall–Kier alpha value is -3.06. The van der Waals surface area contributed by atoms with Gasteiger partial charge >= 0.3 is 6.01 Å². The molecule has 2 aromatic heterocycles. The number of hydrogen-bond acceptors (Lipinski definition) is 5. The molecule has 4 rings (SSSR count). The molecular weight excluding hydrogens is 410 g/mol. The quantitative estimate of drug-likeness (QED) is 0.451. The molecule has 0 spiro atoms. The summed E-state index contributed by atoms with van der Waals surface area (Å²) in [6.45, 7) is 0. The van der Waals surface area contributed by atoms with E-state index in [1.54, 1.807) is 24.8 Å². The molecule has 0 aliphatic heterocycles. The first kappa shape index (κ1) is 17.4. The van der Waals surface area contributed by atoms with Gasteiger partial charge in [-0.3, -0.25) is 4.40 Å². The van der Waals surface area contributed by atoms with Gasteiger partial charge in [-0.15, -0.1) is 0 Å². The summed E-state index contributed by atoms with van der Waals surface area (Å²) >= 11 is 3.42. The maximum Gasteiger partial charge on any atom is 0.308 e. The van der Waals surface area contributed by atoms with Crippen molar-refractivity contribution >= 4 is 21.6 Å². The average molecular weight is 426 g/mol. The van der Waals surface area contributed by atoms with E-state index in [4.69, 9.17) is 14.2 Å². The molecule has 136 valence electrons. The number of nitrogens with zero attached hydrogens (tertiary/aromatic N) is 3. The van der Waals surface area contributed by atoms with Crippen molar-refractivity contribution in [3.8, 4) is 34.5 Å². The Morgan fingerprint density at radius 1 is 0.926 bits per heavy atom. The van der Waals surface area contributed by atoms with Gasteiger partial charge in [-0.2, -0.15) is 4.98 Å². The van der Waals surface area contributed by atoms with Crippen LogP contribution >= 0.6 is 15.9 Å². The first-order valence-electron chi connectivity index (χ1n) is 8.18. The van der Waals surface area contributed by atoms with Gasteiger partial charge in [-0.25, -0.2) is 4.98 Å². The summed E-state index contributed by atoms with van der Waals surface area (Å²) in [6.07, 6.45) is 3.53. The molecule has 0 radical (unpaired) electrons. The SMILES string of the molecule is COc1ccc(-c2cc3nccn3c(Oc3ccc(Br)cc3)n2)cc1OC. The standard InChI is InChI=1S/C20H16BrN3O3/c1-25-17-8-3-13(11-18(17)26-2)16-12-19-22-9-10-24(19)20(23-16)27-15-6-4-14(21)5-7-15/h3-12H,1-2H3. The minimum absolute atomic E-state index is 0.428. The largest absolute Gasteiger partial charge is 0.493 e. The van der Waals surface area contributed by atoms with Crippen molar-refractivity contribution in [1.29, 1.82) is 0 Å². The van der Waals surface area contributed by atoms with Gasteiger partial charge in [0.25, 0.3) is 0 Å². The average Bonchev–Trinajstić information content (AvgIpc) is 3.18. The highest BCUT2D eigenvalue weighted by Crippen LogP contribution is 2.33. The highest BCUT2D eigenvalue weighted by atomic mass is 79.9. The normalized spacial score (nSPS) is 10.8. The molecule has 0 N–H and O–H groups in total. The molecule has 0 saturated heterocycles. The van der Waals surface area contributed by atoms with Crippen molar-refractivity contribution < 1.29 is 14.2 Å². The predicted octanol–water partition coefficient (Wildman–Crippen LogP) is 4.97. The Bertz CT molecular complexity index is 1090. The molecule has 0 amide bonds. The first-order valence-corrected chi connectivity index (χ1v) is 8.97. The zero-order valence-corrected chi connectivity index (χ0v) is 16.3. The van der Waals surface area contributed by atoms with Gasteiger partial charge in [-0.1, -0.05) is 15.9 Å². The van der Waals surface area contributed by atoms with E-state index in [1.807, 2.05) is 54.7 Å². The smallest absolute Gasteiger partial charge is 0.308 e. The first-order chi connectivity index (χ1) is 13.2. The number of aromatic nitrogens is 3. The number of imidazole rings is 1. The number of ether oxygens (including phenoxy) is 3. The van der Waals surface area contributed by atoms with Crippen LogP contribution in [0.2, 0.25) is 0 Å². The molecule has 0 fully saturated rings. The van der Waals surface area contributed by atoms with Crippen molar-refractivity contribution in [3.05, 3.63) is 65.4 Å². The van der Waals surface area contributed by atoms with Crippen LogP contribution in [-0.4, -0.2) is 28.6 Å². The predicted molar refractivity (Wildman–Crippen MR) is 106 cm³/mol. The van der Waals surface area contributed by atoms with E-state index in [9.17, 15) is 0 Å². The molecule has 0 aliphatic rings. The number of methoxy groups -OCH3 is 2. The van der Waals surface area contributed by atoms with Crippen LogP contribution in [0.1, 0.15) is 0 Å². The summed E-state index contributed by atoms with van der Waals surface area (Å²) in [5, 5.41) is 0. The Labute approximate surface area is 164 Å². The van der Waals surface area contributed by atoms with E-state index in [-0.39, 0.29) is 0 Å². The molecule has 6 nitrogen and oxygen atoms in total. The van der Waals surface area contributed by atoms with Crippen LogP contribution in [0.4, 0.5) is 0 Å². The van der Waals surface area contributed by atoms with Crippen molar-refractivity contribution in [2.45, 2.75) is 0 Å². The Morgan fingerprint density at radius 2 is 1.70 bits per heavy atom. The van der Waals surface area contributed by atoms with Crippen LogP contribution < -0.4 is 14.2 Å². The highest BCUT2D eigenvalue weighted by Gasteiger charge is 2.13. The molecule has 0 aliphatic carbocycles. The van der Waals surface area contributed by atoms with Crippen LogP contribution in [0.3, 0.4) is 0 Å². The number of halogens is 1. The summed E-state index contributed by atoms with van der Waals surface area (Å²) in [6, 6.07) is 15.6. The zero-order valence-electron chi connectivity index (χ0n) is 14.7. The fourth-order valence-electron chi connectivity index (χ4n) is 2.72. The summed E-state index contributed by atoms with van der Waals surface area (Å²) in [5.74, 6) is 1.98. The molecular formula is C20H16BrN3O3. The number of hydrogen-bond donors (Lipinski definition) is 0. The van der Waals surface area contributed by atoms with Gasteiger partial charge in [0.15, 0.2) is 11.5 Å². The molecule has 2 heterocycles. The summed E-state index contributed by atoms with van der Waals surface area (Å²) in [4.78, 5) is 9.06. The third-order valence-corrected chi connectivity index (χ3v) is 4.59. The molecule has 0 unspecified atom stereocenters. The topological polar surface area (TPSA) is 57.9 Å². The van der Waals surface area contributed by atoms with Crippen molar-refractivity contribution in [2.75, 3.05) is 14.2 Å². The molecule has 2 aromatic carbocycles. The molecule has 0 atom stereocenters. The van der Waals surface area contributed by atoms with Crippen LogP contribution in [0, 0.1) is 0 Å². The lowest BCUT2D eigenvalue weighted by Gasteiger charge is -2.12. The minimum Gasteiger partial charge on any atom is -0.493 e. The fourth-order valence-corrected chi connectivity index (χ4v) is 2.98. The van der Waals surface area contributed by atoms with Gasteiger partial charge in [0.1, 0.15) is 11.4 Å². The molecule has 0 bridgehead atoms. The van der Waals surface area contributed by atoms with E-state index in [0.29, 0.717) is 23.3 Å². The number of benzene rings is 2. The van der Waals surface area contributed by atoms with E-state index >= 15 is 0 Å². The molecule has 27 heavy (non-hydrogen) atoms. The van der Waals surface area contributed by atoms with E-state index in [0.717, 1.165) is 21.4 Å². The lowest BCUT2D eigenvalue weighted by molar-refractivity contribution is 0.355. The summed E-state index contributed by atoms with van der Waals surface area (Å²) in [5.41, 5.74) is 2.34. The van der Waals surface area contributed by atoms with E-state index < -0.39 is 0 Å². The Morgan fingerprint density at radius 3 is 2.44 bits per heavy atom. The maximum atomic E-state index is 6.00. The number of fused-ring (bicyclic) bond motifs is 1. The van der Waals surface area contributed by atoms with Gasteiger partial charge < -0.3 is 14.2 Å². The van der Waals surface area contributed by atoms with E-state index in [1.165, 1.54) is 0 Å². The maximum absolute atomic E-state index is 6.00. The van der Waals surface area contributed by atoms with Crippen LogP contribution in [-0.2, 0) is 0 Å². The second-order valence-electron chi connectivity index (χ2n) is 5.71. The second kappa shape index (κ2) is 7.28. The minimum atomic E-state index is 0.428. The van der Waals surface area contributed by atoms with Crippen LogP contribution in [0.25, 0.3) is 16.9 Å². The Kier molecular flexibility index (Phi) is 4.68. The van der Waals surface area contributed by atoms with Gasteiger partial charge in [0.05, 0.1) is 19.9 Å². The van der Waals surface area contributed by atoms with Crippen molar-refractivity contribution in [1.82, 2.24) is 14.4 Å². The second-order valence-corrected chi connectivity index (χ2v) is 6.62. The van der Waals surface area contributed by atoms with Gasteiger partial charge in [0, 0.05) is 28.5 Å². The third kappa shape index (κ3) is 3.46. The molecule has 0 saturated carbocycles. The molecule has 7 heteroatoms. The highest BCUT2D eigenvalue weighted by molar-refractivity contribution is 9.10. The summed E-state index contributed by atoms with van der Waals surface area (Å²) in [7, 11) is 3.21. The van der Waals surface area contributed by atoms with Gasteiger partial charge in [-0.05, 0) is 42.5 Å². The lowest BCUT2D eigenvalue weighted by atomic mass is 10.1. The monoisotopic (exact) mass is 425 g/mol. The third-order valence-electron chi connectivity index (χ3n) is 4.06. The van der Waals surface area contributed by atoms with Crippen molar-refractivity contribution in [2.24, 2.45) is 0 Å². The van der Waals surface area contributed by atoms with Crippen LogP contribution in [0.15, 0.2) is 65.4 Å². The lowest BCUT2D eigenvalue weighted by Crippen LogP contribution is -1.99.